The summed E-state index contributed by atoms with van der Waals surface area (Å²) in [6, 6.07) is 9.04. The molecule has 3 rings (SSSR count). The number of nitrogens with zero attached hydrogens (tertiary/aromatic N) is 1. The van der Waals surface area contributed by atoms with E-state index < -0.39 is 29.0 Å². The maximum absolute atomic E-state index is 13.7. The van der Waals surface area contributed by atoms with Crippen molar-refractivity contribution < 1.29 is 18.0 Å². The molecule has 4 nitrogen and oxygen atoms in total. The van der Waals surface area contributed by atoms with Crippen molar-refractivity contribution in [3.8, 4) is 0 Å². The SMILES string of the molecule is Cc1ccc(Nc2cncc(C(=O)Nc3ccc(F)c(F)c3F)c2)cc1C. The van der Waals surface area contributed by atoms with Gasteiger partial charge in [0.1, 0.15) is 0 Å². The molecule has 0 unspecified atom stereocenters. The van der Waals surface area contributed by atoms with E-state index in [1.165, 1.54) is 18.5 Å². The van der Waals surface area contributed by atoms with E-state index in [2.05, 4.69) is 15.6 Å². The zero-order valence-corrected chi connectivity index (χ0v) is 14.6. The molecule has 1 amide bonds. The molecule has 0 fully saturated rings. The molecule has 7 heteroatoms. The summed E-state index contributed by atoms with van der Waals surface area (Å²) in [5.41, 5.74) is 3.32. The van der Waals surface area contributed by atoms with Crippen LogP contribution < -0.4 is 10.6 Å². The first-order valence-electron chi connectivity index (χ1n) is 8.09. The normalized spacial score (nSPS) is 10.6. The standard InChI is InChI=1S/C20H16F3N3O/c1-11-3-4-14(7-12(11)2)25-15-8-13(9-24-10-15)20(27)26-17-6-5-16(21)18(22)19(17)23/h3-10,25H,1-2H3,(H,26,27). The number of amides is 1. The maximum atomic E-state index is 13.7. The number of carbonyl (C=O) groups excluding carboxylic acids is 1. The van der Waals surface area contributed by atoms with Crippen LogP contribution in [-0.2, 0) is 0 Å². The summed E-state index contributed by atoms with van der Waals surface area (Å²) in [7, 11) is 0. The van der Waals surface area contributed by atoms with Crippen molar-refractivity contribution in [3.05, 3.63) is 82.9 Å². The van der Waals surface area contributed by atoms with Gasteiger partial charge in [-0.1, -0.05) is 6.07 Å². The van der Waals surface area contributed by atoms with Crippen LogP contribution in [-0.4, -0.2) is 10.9 Å². The number of benzene rings is 2. The van der Waals surface area contributed by atoms with Crippen molar-refractivity contribution in [2.45, 2.75) is 13.8 Å². The zero-order valence-electron chi connectivity index (χ0n) is 14.6. The van der Waals surface area contributed by atoms with Crippen LogP contribution >= 0.6 is 0 Å². The quantitative estimate of drug-likeness (QED) is 0.627. The second-order valence-electron chi connectivity index (χ2n) is 6.06. The molecule has 0 aliphatic carbocycles. The smallest absolute Gasteiger partial charge is 0.257 e. The Labute approximate surface area is 154 Å². The molecule has 2 aromatic carbocycles. The maximum Gasteiger partial charge on any atom is 0.257 e. The molecule has 0 radical (unpaired) electrons. The number of rotatable bonds is 4. The Balaban J connectivity index is 1.79. The van der Waals surface area contributed by atoms with Gasteiger partial charge in [-0.3, -0.25) is 9.78 Å². The number of aromatic nitrogens is 1. The highest BCUT2D eigenvalue weighted by Gasteiger charge is 2.16. The van der Waals surface area contributed by atoms with Gasteiger partial charge in [-0.25, -0.2) is 13.2 Å². The van der Waals surface area contributed by atoms with E-state index in [1.807, 2.05) is 32.0 Å². The highest BCUT2D eigenvalue weighted by molar-refractivity contribution is 6.04. The van der Waals surface area contributed by atoms with Crippen LogP contribution in [0.15, 0.2) is 48.8 Å². The van der Waals surface area contributed by atoms with E-state index in [4.69, 9.17) is 0 Å². The minimum Gasteiger partial charge on any atom is -0.354 e. The lowest BCUT2D eigenvalue weighted by atomic mass is 10.1. The molecule has 1 heterocycles. The van der Waals surface area contributed by atoms with Crippen molar-refractivity contribution in [2.75, 3.05) is 10.6 Å². The van der Waals surface area contributed by atoms with E-state index >= 15 is 0 Å². The lowest BCUT2D eigenvalue weighted by Crippen LogP contribution is -2.14. The number of carbonyl (C=O) groups is 1. The van der Waals surface area contributed by atoms with Gasteiger partial charge in [0.15, 0.2) is 17.5 Å². The molecule has 27 heavy (non-hydrogen) atoms. The van der Waals surface area contributed by atoms with Gasteiger partial charge >= 0.3 is 0 Å². The molecule has 3 aromatic rings. The van der Waals surface area contributed by atoms with E-state index in [-0.39, 0.29) is 5.56 Å². The van der Waals surface area contributed by atoms with Crippen LogP contribution in [0.5, 0.6) is 0 Å². The van der Waals surface area contributed by atoms with Crippen molar-refractivity contribution >= 4 is 23.0 Å². The van der Waals surface area contributed by atoms with Gasteiger partial charge in [0.05, 0.1) is 23.1 Å². The topological polar surface area (TPSA) is 54.0 Å². The highest BCUT2D eigenvalue weighted by Crippen LogP contribution is 2.22. The van der Waals surface area contributed by atoms with Crippen molar-refractivity contribution in [1.29, 1.82) is 0 Å². The molecule has 0 bridgehead atoms. The Morgan fingerprint density at radius 1 is 0.889 bits per heavy atom. The second-order valence-corrected chi connectivity index (χ2v) is 6.06. The summed E-state index contributed by atoms with van der Waals surface area (Å²) in [5, 5.41) is 5.35. The first kappa shape index (κ1) is 18.4. The van der Waals surface area contributed by atoms with Gasteiger partial charge in [-0.2, -0.15) is 0 Å². The molecule has 0 atom stereocenters. The van der Waals surface area contributed by atoms with Gasteiger partial charge in [0, 0.05) is 11.9 Å². The van der Waals surface area contributed by atoms with E-state index in [0.29, 0.717) is 5.69 Å². The summed E-state index contributed by atoms with van der Waals surface area (Å²) in [6.07, 6.45) is 2.82. The largest absolute Gasteiger partial charge is 0.354 e. The highest BCUT2D eigenvalue weighted by atomic mass is 19.2. The lowest BCUT2D eigenvalue weighted by Gasteiger charge is -2.10. The third-order valence-electron chi connectivity index (χ3n) is 4.08. The van der Waals surface area contributed by atoms with E-state index in [9.17, 15) is 18.0 Å². The Morgan fingerprint density at radius 3 is 2.41 bits per heavy atom. The number of halogens is 3. The average Bonchev–Trinajstić information content (AvgIpc) is 2.65. The van der Waals surface area contributed by atoms with E-state index in [1.54, 1.807) is 0 Å². The summed E-state index contributed by atoms with van der Waals surface area (Å²) < 4.78 is 40.0. The van der Waals surface area contributed by atoms with Gasteiger partial charge < -0.3 is 10.6 Å². The minimum absolute atomic E-state index is 0.132. The molecule has 138 valence electrons. The summed E-state index contributed by atoms with van der Waals surface area (Å²) >= 11 is 0. The van der Waals surface area contributed by atoms with Gasteiger partial charge in [0.2, 0.25) is 0 Å². The summed E-state index contributed by atoms with van der Waals surface area (Å²) in [4.78, 5) is 16.3. The number of aryl methyl sites for hydroxylation is 2. The van der Waals surface area contributed by atoms with Gasteiger partial charge in [-0.05, 0) is 55.3 Å². The predicted molar refractivity (Wildman–Crippen MR) is 97.7 cm³/mol. The molecule has 1 aromatic heterocycles. The fraction of sp³-hybridized carbons (Fsp3) is 0.100. The molecule has 0 saturated carbocycles. The van der Waals surface area contributed by atoms with Crippen LogP contribution in [0.25, 0.3) is 0 Å². The lowest BCUT2D eigenvalue weighted by molar-refractivity contribution is 0.102. The van der Waals surface area contributed by atoms with Gasteiger partial charge in [-0.15, -0.1) is 0 Å². The molecule has 0 aliphatic heterocycles. The number of nitrogens with one attached hydrogen (secondary N) is 2. The molecule has 2 N–H and O–H groups in total. The fourth-order valence-electron chi connectivity index (χ4n) is 2.44. The number of hydrogen-bond acceptors (Lipinski definition) is 3. The van der Waals surface area contributed by atoms with Crippen LogP contribution in [0.4, 0.5) is 30.2 Å². The molecule has 0 spiro atoms. The first-order valence-corrected chi connectivity index (χ1v) is 8.09. The van der Waals surface area contributed by atoms with Crippen molar-refractivity contribution in [2.24, 2.45) is 0 Å². The molecule has 0 saturated heterocycles. The molecule has 0 aliphatic rings. The molecular formula is C20H16F3N3O. The van der Waals surface area contributed by atoms with E-state index in [0.717, 1.165) is 28.9 Å². The summed E-state index contributed by atoms with van der Waals surface area (Å²) in [6.45, 7) is 3.99. The second kappa shape index (κ2) is 7.49. The monoisotopic (exact) mass is 371 g/mol. The third-order valence-corrected chi connectivity index (χ3v) is 4.08. The molecular weight excluding hydrogens is 355 g/mol. The van der Waals surface area contributed by atoms with Crippen LogP contribution in [0.3, 0.4) is 0 Å². The Hall–Kier alpha value is -3.35. The number of pyridine rings is 1. The average molecular weight is 371 g/mol. The van der Waals surface area contributed by atoms with Crippen LogP contribution in [0, 0.1) is 31.3 Å². The number of anilines is 3. The van der Waals surface area contributed by atoms with Gasteiger partial charge in [0.25, 0.3) is 5.91 Å². The third kappa shape index (κ3) is 4.08. The Kier molecular flexibility index (Phi) is 5.12. The van der Waals surface area contributed by atoms with Crippen molar-refractivity contribution in [1.82, 2.24) is 4.98 Å². The number of hydrogen-bond donors (Lipinski definition) is 2. The fourth-order valence-corrected chi connectivity index (χ4v) is 2.44. The zero-order chi connectivity index (χ0) is 19.6. The summed E-state index contributed by atoms with van der Waals surface area (Å²) in [5.74, 6) is -5.13. The van der Waals surface area contributed by atoms with Crippen LogP contribution in [0.2, 0.25) is 0 Å². The Morgan fingerprint density at radius 2 is 1.67 bits per heavy atom. The minimum atomic E-state index is -1.64. The predicted octanol–water partition coefficient (Wildman–Crippen LogP) is 5.11. The first-order chi connectivity index (χ1) is 12.8. The van der Waals surface area contributed by atoms with Crippen molar-refractivity contribution in [3.63, 3.8) is 0 Å². The van der Waals surface area contributed by atoms with Crippen LogP contribution in [0.1, 0.15) is 21.5 Å². The Bertz CT molecular complexity index is 1020.